The fourth-order valence-corrected chi connectivity index (χ4v) is 3.51. The Labute approximate surface area is 120 Å². The summed E-state index contributed by atoms with van der Waals surface area (Å²) < 4.78 is 39.2. The first-order valence-electron chi connectivity index (χ1n) is 5.92. The summed E-state index contributed by atoms with van der Waals surface area (Å²) >= 11 is 0. The van der Waals surface area contributed by atoms with Crippen LogP contribution in [0.1, 0.15) is 0 Å². The third kappa shape index (κ3) is 2.72. The molecule has 1 saturated heterocycles. The molecule has 21 heavy (non-hydrogen) atoms. The van der Waals surface area contributed by atoms with Gasteiger partial charge in [-0.3, -0.25) is 14.9 Å². The lowest BCUT2D eigenvalue weighted by atomic mass is 10.3. The highest BCUT2D eigenvalue weighted by atomic mass is 32.2. The number of hydrogen-bond acceptors (Lipinski definition) is 5. The maximum absolute atomic E-state index is 13.5. The quantitative estimate of drug-likeness (QED) is 0.585. The molecule has 0 radical (unpaired) electrons. The van der Waals surface area contributed by atoms with Crippen LogP contribution >= 0.6 is 0 Å². The Morgan fingerprint density at radius 1 is 1.33 bits per heavy atom. The number of amides is 1. The molecule has 8 nitrogen and oxygen atoms in total. The second kappa shape index (κ2) is 5.37. The highest BCUT2D eigenvalue weighted by molar-refractivity contribution is 7.89. The van der Waals surface area contributed by atoms with Gasteiger partial charge < -0.3 is 4.90 Å². The smallest absolute Gasteiger partial charge is 0.324 e. The summed E-state index contributed by atoms with van der Waals surface area (Å²) in [6, 6.07) is 2.85. The van der Waals surface area contributed by atoms with Gasteiger partial charge in [0.15, 0.2) is 4.90 Å². The van der Waals surface area contributed by atoms with Crippen molar-refractivity contribution < 1.29 is 22.5 Å². The zero-order chi connectivity index (χ0) is 15.8. The van der Waals surface area contributed by atoms with Crippen LogP contribution in [0.4, 0.5) is 10.1 Å². The summed E-state index contributed by atoms with van der Waals surface area (Å²) in [4.78, 5) is 22.0. The molecule has 0 aromatic heterocycles. The molecule has 1 aliphatic heterocycles. The van der Waals surface area contributed by atoms with Gasteiger partial charge in [0.05, 0.1) is 11.5 Å². The average molecular weight is 317 g/mol. The predicted molar refractivity (Wildman–Crippen MR) is 69.5 cm³/mol. The zero-order valence-electron chi connectivity index (χ0n) is 11.0. The Balaban J connectivity index is 2.48. The lowest BCUT2D eigenvalue weighted by molar-refractivity contribution is -0.390. The Bertz CT molecular complexity index is 706. The third-order valence-corrected chi connectivity index (χ3v) is 5.05. The number of para-hydroxylation sites is 1. The molecule has 10 heteroatoms. The van der Waals surface area contributed by atoms with E-state index in [1.807, 2.05) is 0 Å². The summed E-state index contributed by atoms with van der Waals surface area (Å²) in [5, 5.41) is 10.9. The van der Waals surface area contributed by atoms with Crippen molar-refractivity contribution in [1.29, 1.82) is 0 Å². The molecule has 1 amide bonds. The summed E-state index contributed by atoms with van der Waals surface area (Å²) in [5.41, 5.74) is -1.11. The van der Waals surface area contributed by atoms with Gasteiger partial charge in [-0.25, -0.2) is 8.42 Å². The third-order valence-electron chi connectivity index (χ3n) is 3.17. The van der Waals surface area contributed by atoms with Gasteiger partial charge in [0, 0.05) is 20.1 Å². The molecular weight excluding hydrogens is 305 g/mol. The molecule has 1 aliphatic rings. The second-order valence-electron chi connectivity index (χ2n) is 4.50. The number of likely N-dealkylation sites (N-methyl/N-ethyl adjacent to an activating group) is 1. The molecule has 0 atom stereocenters. The fourth-order valence-electron chi connectivity index (χ4n) is 1.96. The standard InChI is InChI=1S/C11H12FN3O5S/c1-13-5-6-14(7-10(13)16)21(19,20)9-4-2-3-8(12)11(9)15(17)18/h2-4H,5-7H2,1H3. The highest BCUT2D eigenvalue weighted by Crippen LogP contribution is 2.29. The van der Waals surface area contributed by atoms with Gasteiger partial charge in [-0.05, 0) is 12.1 Å². The maximum Gasteiger partial charge on any atom is 0.324 e. The monoisotopic (exact) mass is 317 g/mol. The van der Waals surface area contributed by atoms with Gasteiger partial charge in [-0.1, -0.05) is 6.07 Å². The van der Waals surface area contributed by atoms with Crippen molar-refractivity contribution in [1.82, 2.24) is 9.21 Å². The van der Waals surface area contributed by atoms with E-state index in [2.05, 4.69) is 0 Å². The summed E-state index contributed by atoms with van der Waals surface area (Å²) in [6.45, 7) is -0.258. The minimum atomic E-state index is -4.31. The molecule has 1 heterocycles. The van der Waals surface area contributed by atoms with Crippen molar-refractivity contribution in [3.05, 3.63) is 34.1 Å². The first-order chi connectivity index (χ1) is 9.75. The van der Waals surface area contributed by atoms with Gasteiger partial charge >= 0.3 is 5.69 Å². The van der Waals surface area contributed by atoms with E-state index in [-0.39, 0.29) is 13.1 Å². The van der Waals surface area contributed by atoms with Crippen molar-refractivity contribution in [3.8, 4) is 0 Å². The highest BCUT2D eigenvalue weighted by Gasteiger charge is 2.37. The topological polar surface area (TPSA) is 101 Å². The summed E-state index contributed by atoms with van der Waals surface area (Å²) in [6.07, 6.45) is 0. The number of carbonyl (C=O) groups excluding carboxylic acids is 1. The lowest BCUT2D eigenvalue weighted by Gasteiger charge is -2.31. The molecule has 2 rings (SSSR count). The van der Waals surface area contributed by atoms with Crippen LogP contribution in [0.5, 0.6) is 0 Å². The first-order valence-corrected chi connectivity index (χ1v) is 7.36. The van der Waals surface area contributed by atoms with Crippen LogP contribution in [0, 0.1) is 15.9 Å². The minimum absolute atomic E-state index is 0.00175. The molecule has 1 aromatic rings. The van der Waals surface area contributed by atoms with Crippen LogP contribution in [-0.4, -0.2) is 55.1 Å². The number of nitro groups is 1. The Hall–Kier alpha value is -2.07. The number of rotatable bonds is 3. The SMILES string of the molecule is CN1CCN(S(=O)(=O)c2cccc(F)c2[N+](=O)[O-])CC1=O. The van der Waals surface area contributed by atoms with Gasteiger partial charge in [0.1, 0.15) is 0 Å². The van der Waals surface area contributed by atoms with Crippen LogP contribution in [0.2, 0.25) is 0 Å². The van der Waals surface area contributed by atoms with Crippen LogP contribution in [0.15, 0.2) is 23.1 Å². The van der Waals surface area contributed by atoms with E-state index in [0.717, 1.165) is 22.5 Å². The molecule has 0 saturated carbocycles. The van der Waals surface area contributed by atoms with Crippen molar-refractivity contribution in [2.24, 2.45) is 0 Å². The number of piperazine rings is 1. The van der Waals surface area contributed by atoms with Crippen molar-refractivity contribution in [3.63, 3.8) is 0 Å². The fraction of sp³-hybridized carbons (Fsp3) is 0.364. The van der Waals surface area contributed by atoms with E-state index >= 15 is 0 Å². The second-order valence-corrected chi connectivity index (χ2v) is 6.40. The van der Waals surface area contributed by atoms with Crippen LogP contribution in [0.25, 0.3) is 0 Å². The number of sulfonamides is 1. The molecule has 114 valence electrons. The van der Waals surface area contributed by atoms with Crippen molar-refractivity contribution in [2.45, 2.75) is 4.90 Å². The van der Waals surface area contributed by atoms with E-state index in [0.29, 0.717) is 0 Å². The number of halogens is 1. The van der Waals surface area contributed by atoms with Gasteiger partial charge in [0.2, 0.25) is 11.7 Å². The van der Waals surface area contributed by atoms with Crippen LogP contribution in [0.3, 0.4) is 0 Å². The Morgan fingerprint density at radius 3 is 2.57 bits per heavy atom. The van der Waals surface area contributed by atoms with E-state index in [9.17, 15) is 27.7 Å². The number of hydrogen-bond donors (Lipinski definition) is 0. The Morgan fingerprint density at radius 2 is 2.00 bits per heavy atom. The van der Waals surface area contributed by atoms with E-state index in [1.54, 1.807) is 0 Å². The number of nitro benzene ring substituents is 1. The largest absolute Gasteiger partial charge is 0.343 e. The molecule has 0 bridgehead atoms. The predicted octanol–water partition coefficient (Wildman–Crippen LogP) is 0.197. The van der Waals surface area contributed by atoms with E-state index in [4.69, 9.17) is 0 Å². The van der Waals surface area contributed by atoms with Gasteiger partial charge in [-0.2, -0.15) is 8.70 Å². The number of benzene rings is 1. The average Bonchev–Trinajstić information content (AvgIpc) is 2.41. The van der Waals surface area contributed by atoms with Crippen LogP contribution < -0.4 is 0 Å². The van der Waals surface area contributed by atoms with Crippen molar-refractivity contribution >= 4 is 21.6 Å². The molecule has 0 unspecified atom stereocenters. The summed E-state index contributed by atoms with van der Waals surface area (Å²) in [5.74, 6) is -1.66. The molecule has 1 fully saturated rings. The maximum atomic E-state index is 13.5. The molecular formula is C11H12FN3O5S. The zero-order valence-corrected chi connectivity index (χ0v) is 11.8. The number of carbonyl (C=O) groups is 1. The Kier molecular flexibility index (Phi) is 3.92. The van der Waals surface area contributed by atoms with Crippen molar-refractivity contribution in [2.75, 3.05) is 26.7 Å². The van der Waals surface area contributed by atoms with Gasteiger partial charge in [0.25, 0.3) is 10.0 Å². The first kappa shape index (κ1) is 15.3. The molecule has 0 spiro atoms. The minimum Gasteiger partial charge on any atom is -0.343 e. The molecule has 1 aromatic carbocycles. The molecule has 0 N–H and O–H groups in total. The van der Waals surface area contributed by atoms with Gasteiger partial charge in [-0.15, -0.1) is 0 Å². The number of nitrogens with zero attached hydrogens (tertiary/aromatic N) is 3. The molecule has 0 aliphatic carbocycles. The van der Waals surface area contributed by atoms with Crippen LogP contribution in [-0.2, 0) is 14.8 Å². The van der Waals surface area contributed by atoms with E-state index < -0.39 is 43.8 Å². The lowest BCUT2D eigenvalue weighted by Crippen LogP contribution is -2.50. The summed E-state index contributed by atoms with van der Waals surface area (Å²) in [7, 11) is -2.79. The van der Waals surface area contributed by atoms with E-state index in [1.165, 1.54) is 11.9 Å². The normalized spacial score (nSPS) is 17.0.